The summed E-state index contributed by atoms with van der Waals surface area (Å²) in [4.78, 5) is 32.4. The zero-order valence-corrected chi connectivity index (χ0v) is 17.2. The maximum absolute atomic E-state index is 12.8. The van der Waals surface area contributed by atoms with Crippen molar-refractivity contribution in [2.75, 3.05) is 25.1 Å². The van der Waals surface area contributed by atoms with Crippen LogP contribution in [0.5, 0.6) is 5.75 Å². The van der Waals surface area contributed by atoms with Crippen molar-refractivity contribution in [2.45, 2.75) is 26.3 Å². The number of amides is 1. The number of carbonyl (C=O) groups is 1. The van der Waals surface area contributed by atoms with E-state index in [1.165, 1.54) is 28.5 Å². The molecule has 1 amide bonds. The summed E-state index contributed by atoms with van der Waals surface area (Å²) in [5, 5.41) is 7.98. The topological polar surface area (TPSA) is 88.8 Å². The SMILES string of the molecule is COc1ccccc1CNC(=O)c1cnc2sc(N3CCC[C@H](C)C3)nn2c1=O. The van der Waals surface area contributed by atoms with E-state index in [1.807, 2.05) is 24.3 Å². The molecule has 152 valence electrons. The minimum atomic E-state index is -0.482. The molecule has 1 atom stereocenters. The highest BCUT2D eigenvalue weighted by atomic mass is 32.1. The molecule has 3 aromatic rings. The van der Waals surface area contributed by atoms with Gasteiger partial charge >= 0.3 is 0 Å². The number of para-hydroxylation sites is 1. The number of nitrogens with one attached hydrogen (secondary N) is 1. The largest absolute Gasteiger partial charge is 0.496 e. The summed E-state index contributed by atoms with van der Waals surface area (Å²) in [6, 6.07) is 7.41. The highest BCUT2D eigenvalue weighted by Gasteiger charge is 2.22. The maximum atomic E-state index is 12.8. The van der Waals surface area contributed by atoms with E-state index >= 15 is 0 Å². The van der Waals surface area contributed by atoms with Gasteiger partial charge in [-0.05, 0) is 24.8 Å². The van der Waals surface area contributed by atoms with Crippen molar-refractivity contribution < 1.29 is 9.53 Å². The van der Waals surface area contributed by atoms with E-state index in [1.54, 1.807) is 7.11 Å². The molecule has 1 N–H and O–H groups in total. The number of hydrogen-bond acceptors (Lipinski definition) is 7. The number of rotatable bonds is 5. The highest BCUT2D eigenvalue weighted by Crippen LogP contribution is 2.26. The molecule has 3 heterocycles. The van der Waals surface area contributed by atoms with Crippen LogP contribution in [0.15, 0.2) is 35.3 Å². The van der Waals surface area contributed by atoms with E-state index in [0.717, 1.165) is 30.2 Å². The quantitative estimate of drug-likeness (QED) is 0.691. The second kappa shape index (κ2) is 8.20. The van der Waals surface area contributed by atoms with Gasteiger partial charge < -0.3 is 15.0 Å². The summed E-state index contributed by atoms with van der Waals surface area (Å²) >= 11 is 1.37. The second-order valence-electron chi connectivity index (χ2n) is 7.24. The third kappa shape index (κ3) is 3.95. The van der Waals surface area contributed by atoms with Gasteiger partial charge in [-0.2, -0.15) is 4.52 Å². The summed E-state index contributed by atoms with van der Waals surface area (Å²) in [5.74, 6) is 0.790. The van der Waals surface area contributed by atoms with Gasteiger partial charge in [0, 0.05) is 31.4 Å². The Balaban J connectivity index is 1.55. The van der Waals surface area contributed by atoms with Crippen LogP contribution in [-0.4, -0.2) is 40.7 Å². The van der Waals surface area contributed by atoms with Crippen LogP contribution >= 0.6 is 11.3 Å². The Bertz CT molecular complexity index is 1090. The fourth-order valence-corrected chi connectivity index (χ4v) is 4.44. The van der Waals surface area contributed by atoms with Gasteiger partial charge in [-0.1, -0.05) is 36.5 Å². The summed E-state index contributed by atoms with van der Waals surface area (Å²) in [6.07, 6.45) is 3.64. The van der Waals surface area contributed by atoms with Crippen LogP contribution in [0.2, 0.25) is 0 Å². The predicted octanol–water partition coefficient (Wildman–Crippen LogP) is 2.33. The van der Waals surface area contributed by atoms with Gasteiger partial charge in [-0.15, -0.1) is 5.10 Å². The molecule has 29 heavy (non-hydrogen) atoms. The number of methoxy groups -OCH3 is 1. The van der Waals surface area contributed by atoms with Crippen LogP contribution in [-0.2, 0) is 6.54 Å². The first-order chi connectivity index (χ1) is 14.1. The van der Waals surface area contributed by atoms with Crippen molar-refractivity contribution in [1.82, 2.24) is 19.9 Å². The fourth-order valence-electron chi connectivity index (χ4n) is 3.54. The third-order valence-corrected chi connectivity index (χ3v) is 6.06. The van der Waals surface area contributed by atoms with Crippen molar-refractivity contribution in [3.05, 3.63) is 51.9 Å². The average Bonchev–Trinajstić information content (AvgIpc) is 3.18. The zero-order chi connectivity index (χ0) is 20.4. The molecule has 1 saturated heterocycles. The smallest absolute Gasteiger partial charge is 0.288 e. The molecule has 2 aromatic heterocycles. The van der Waals surface area contributed by atoms with Crippen LogP contribution in [0.3, 0.4) is 0 Å². The number of ether oxygens (including phenoxy) is 1. The van der Waals surface area contributed by atoms with Gasteiger partial charge in [0.2, 0.25) is 10.1 Å². The van der Waals surface area contributed by atoms with Crippen LogP contribution < -0.4 is 20.5 Å². The Hall–Kier alpha value is -2.94. The van der Waals surface area contributed by atoms with E-state index in [-0.39, 0.29) is 12.1 Å². The minimum absolute atomic E-state index is 0.0266. The molecule has 0 saturated carbocycles. The maximum Gasteiger partial charge on any atom is 0.288 e. The van der Waals surface area contributed by atoms with Crippen molar-refractivity contribution in [2.24, 2.45) is 5.92 Å². The van der Waals surface area contributed by atoms with E-state index < -0.39 is 11.5 Å². The molecule has 0 bridgehead atoms. The van der Waals surface area contributed by atoms with Crippen molar-refractivity contribution in [3.8, 4) is 5.75 Å². The average molecular weight is 414 g/mol. The van der Waals surface area contributed by atoms with Gasteiger partial charge in [0.1, 0.15) is 11.3 Å². The number of aromatic nitrogens is 3. The van der Waals surface area contributed by atoms with Crippen molar-refractivity contribution in [1.29, 1.82) is 0 Å². The molecular weight excluding hydrogens is 390 g/mol. The lowest BCUT2D eigenvalue weighted by molar-refractivity contribution is 0.0948. The zero-order valence-electron chi connectivity index (χ0n) is 16.4. The van der Waals surface area contributed by atoms with Gasteiger partial charge in [0.15, 0.2) is 0 Å². The first-order valence-electron chi connectivity index (χ1n) is 9.60. The van der Waals surface area contributed by atoms with Gasteiger partial charge in [0.05, 0.1) is 7.11 Å². The van der Waals surface area contributed by atoms with E-state index in [4.69, 9.17) is 4.74 Å². The Labute approximate surface area is 172 Å². The van der Waals surface area contributed by atoms with Gasteiger partial charge in [-0.25, -0.2) is 4.98 Å². The first kappa shape index (κ1) is 19.4. The van der Waals surface area contributed by atoms with Crippen LogP contribution in [0.25, 0.3) is 4.96 Å². The molecule has 1 aromatic carbocycles. The molecule has 9 heteroatoms. The number of hydrogen-bond donors (Lipinski definition) is 1. The molecule has 0 aliphatic carbocycles. The number of anilines is 1. The summed E-state index contributed by atoms with van der Waals surface area (Å²) in [6.45, 7) is 4.30. The van der Waals surface area contributed by atoms with Crippen LogP contribution in [0, 0.1) is 5.92 Å². The van der Waals surface area contributed by atoms with Crippen LogP contribution in [0.1, 0.15) is 35.7 Å². The molecule has 0 radical (unpaired) electrons. The molecule has 8 nitrogen and oxygen atoms in total. The number of carbonyl (C=O) groups excluding carboxylic acids is 1. The number of benzene rings is 1. The lowest BCUT2D eigenvalue weighted by atomic mass is 10.0. The number of nitrogens with zero attached hydrogens (tertiary/aromatic N) is 4. The standard InChI is InChI=1S/C20H23N5O3S/c1-13-6-5-9-24(12-13)20-23-25-18(27)15(11-22-19(25)29-20)17(26)21-10-14-7-3-4-8-16(14)28-2/h3-4,7-8,11,13H,5-6,9-10,12H2,1-2H3,(H,21,26)/t13-/m0/s1. The molecule has 0 spiro atoms. The van der Waals surface area contributed by atoms with E-state index in [2.05, 4.69) is 27.2 Å². The second-order valence-corrected chi connectivity index (χ2v) is 8.18. The van der Waals surface area contributed by atoms with E-state index in [0.29, 0.717) is 16.6 Å². The summed E-state index contributed by atoms with van der Waals surface area (Å²) in [5.41, 5.74) is 0.342. The third-order valence-electron chi connectivity index (χ3n) is 5.08. The predicted molar refractivity (Wildman–Crippen MR) is 112 cm³/mol. The Morgan fingerprint density at radius 1 is 1.38 bits per heavy atom. The summed E-state index contributed by atoms with van der Waals surface area (Å²) in [7, 11) is 1.58. The lowest BCUT2D eigenvalue weighted by Crippen LogP contribution is -2.34. The molecular formula is C20H23N5O3S. The van der Waals surface area contributed by atoms with Gasteiger partial charge in [-0.3, -0.25) is 9.59 Å². The Morgan fingerprint density at radius 2 is 2.21 bits per heavy atom. The molecule has 1 aliphatic rings. The molecule has 0 unspecified atom stereocenters. The summed E-state index contributed by atoms with van der Waals surface area (Å²) < 4.78 is 6.52. The van der Waals surface area contributed by atoms with E-state index in [9.17, 15) is 9.59 Å². The van der Waals surface area contributed by atoms with Crippen LogP contribution in [0.4, 0.5) is 5.13 Å². The molecule has 1 aliphatic heterocycles. The molecule has 4 rings (SSSR count). The lowest BCUT2D eigenvalue weighted by Gasteiger charge is -2.30. The van der Waals surface area contributed by atoms with Crippen molar-refractivity contribution >= 4 is 27.3 Å². The normalized spacial score (nSPS) is 16.8. The fraction of sp³-hybridized carbons (Fsp3) is 0.400. The van der Waals surface area contributed by atoms with Crippen molar-refractivity contribution in [3.63, 3.8) is 0 Å². The minimum Gasteiger partial charge on any atom is -0.496 e. The Morgan fingerprint density at radius 3 is 3.00 bits per heavy atom. The monoisotopic (exact) mass is 413 g/mol. The number of fused-ring (bicyclic) bond motifs is 1. The van der Waals surface area contributed by atoms with Gasteiger partial charge in [0.25, 0.3) is 11.5 Å². The molecule has 1 fully saturated rings. The number of piperidine rings is 1. The Kier molecular flexibility index (Phi) is 5.48. The first-order valence-corrected chi connectivity index (χ1v) is 10.4. The highest BCUT2D eigenvalue weighted by molar-refractivity contribution is 7.20.